The molecule has 22 heavy (non-hydrogen) atoms. The van der Waals surface area contributed by atoms with Crippen LogP contribution in [0, 0.1) is 0 Å². The van der Waals surface area contributed by atoms with Crippen molar-refractivity contribution in [3.8, 4) is 0 Å². The number of ether oxygens (including phenoxy) is 3. The quantitative estimate of drug-likeness (QED) is 0.412. The van der Waals surface area contributed by atoms with Crippen LogP contribution >= 0.6 is 0 Å². The molecule has 1 aliphatic carbocycles. The van der Waals surface area contributed by atoms with Gasteiger partial charge in [-0.3, -0.25) is 4.79 Å². The topological polar surface area (TPSA) is 82.2 Å². The molecule has 2 aliphatic heterocycles. The first kappa shape index (κ1) is 15.0. The van der Waals surface area contributed by atoms with E-state index in [1.54, 1.807) is 6.08 Å². The van der Waals surface area contributed by atoms with Gasteiger partial charge in [0.05, 0.1) is 18.8 Å². The van der Waals surface area contributed by atoms with E-state index >= 15 is 0 Å². The lowest BCUT2D eigenvalue weighted by Crippen LogP contribution is -2.26. The molecule has 0 aromatic rings. The number of Topliss-reactive ketones (excluding diaryl/α,β-unsaturated/α-hetero) is 1. The van der Waals surface area contributed by atoms with Crippen LogP contribution < -0.4 is 0 Å². The molecule has 118 valence electrons. The maximum Gasteiger partial charge on any atom is 0.334 e. The SMILES string of the molecule is COC(=O)/C(C)=C1\C(=O)C[C@@]2(C)O[C@H]2CCC2=C[C@H]1OC2=O. The number of hydrogen-bond donors (Lipinski definition) is 0. The maximum absolute atomic E-state index is 12.7. The summed E-state index contributed by atoms with van der Waals surface area (Å²) in [6, 6.07) is 0. The minimum atomic E-state index is -0.812. The van der Waals surface area contributed by atoms with Gasteiger partial charge in [0.2, 0.25) is 0 Å². The van der Waals surface area contributed by atoms with Crippen molar-refractivity contribution < 1.29 is 28.6 Å². The van der Waals surface area contributed by atoms with Gasteiger partial charge in [0.15, 0.2) is 11.9 Å². The van der Waals surface area contributed by atoms with Crippen LogP contribution in [-0.2, 0) is 28.6 Å². The molecular weight excluding hydrogens is 288 g/mol. The Balaban J connectivity index is 2.04. The van der Waals surface area contributed by atoms with Crippen molar-refractivity contribution in [2.24, 2.45) is 0 Å². The Labute approximate surface area is 128 Å². The Morgan fingerprint density at radius 2 is 2.14 bits per heavy atom. The smallest absolute Gasteiger partial charge is 0.334 e. The van der Waals surface area contributed by atoms with Crippen molar-refractivity contribution in [1.29, 1.82) is 0 Å². The Bertz CT molecular complexity index is 629. The standard InChI is InChI=1S/C16H18O6/c1-8(14(18)20-3)13-10(17)7-16(2)12(22-16)5-4-9-6-11(13)21-15(9)19/h6,11-12H,4-5,7H2,1-3H3/b13-8+/t11-,12+,16-/m1/s1. The lowest BCUT2D eigenvalue weighted by atomic mass is 9.88. The molecule has 0 radical (unpaired) electrons. The molecule has 0 aromatic carbocycles. The summed E-state index contributed by atoms with van der Waals surface area (Å²) in [5, 5.41) is 0. The van der Waals surface area contributed by atoms with Crippen LogP contribution in [0.2, 0.25) is 0 Å². The van der Waals surface area contributed by atoms with E-state index in [4.69, 9.17) is 14.2 Å². The highest BCUT2D eigenvalue weighted by atomic mass is 16.6. The molecule has 6 nitrogen and oxygen atoms in total. The number of rotatable bonds is 1. The Kier molecular flexibility index (Phi) is 3.44. The highest BCUT2D eigenvalue weighted by molar-refractivity contribution is 6.06. The summed E-state index contributed by atoms with van der Waals surface area (Å²) in [4.78, 5) is 36.4. The summed E-state index contributed by atoms with van der Waals surface area (Å²) in [6.45, 7) is 3.39. The summed E-state index contributed by atoms with van der Waals surface area (Å²) in [5.74, 6) is -1.28. The molecule has 0 unspecified atom stereocenters. The molecule has 0 spiro atoms. The van der Waals surface area contributed by atoms with Gasteiger partial charge in [-0.15, -0.1) is 0 Å². The van der Waals surface area contributed by atoms with Crippen molar-refractivity contribution in [2.45, 2.75) is 50.9 Å². The Morgan fingerprint density at radius 1 is 1.41 bits per heavy atom. The van der Waals surface area contributed by atoms with Crippen LogP contribution in [0.1, 0.15) is 33.1 Å². The average molecular weight is 306 g/mol. The normalized spacial score (nSPS) is 36.0. The van der Waals surface area contributed by atoms with Gasteiger partial charge in [0.25, 0.3) is 0 Å². The molecule has 1 fully saturated rings. The molecular formula is C16H18O6. The fourth-order valence-electron chi connectivity index (χ4n) is 3.16. The van der Waals surface area contributed by atoms with Crippen LogP contribution in [0.25, 0.3) is 0 Å². The summed E-state index contributed by atoms with van der Waals surface area (Å²) >= 11 is 0. The molecule has 3 atom stereocenters. The van der Waals surface area contributed by atoms with Crippen molar-refractivity contribution in [1.82, 2.24) is 0 Å². The predicted molar refractivity (Wildman–Crippen MR) is 74.8 cm³/mol. The molecule has 0 saturated carbocycles. The van der Waals surface area contributed by atoms with Crippen LogP contribution in [0.3, 0.4) is 0 Å². The number of esters is 2. The van der Waals surface area contributed by atoms with Gasteiger partial charge in [-0.1, -0.05) is 0 Å². The highest BCUT2D eigenvalue weighted by Crippen LogP contribution is 2.45. The average Bonchev–Trinajstić information content (AvgIpc) is 2.96. The largest absolute Gasteiger partial charge is 0.466 e. The van der Waals surface area contributed by atoms with Gasteiger partial charge in [-0.05, 0) is 32.8 Å². The van der Waals surface area contributed by atoms with Gasteiger partial charge in [-0.25, -0.2) is 9.59 Å². The number of hydrogen-bond acceptors (Lipinski definition) is 6. The first-order chi connectivity index (χ1) is 10.4. The number of fused-ring (bicyclic) bond motifs is 2. The molecule has 6 heteroatoms. The lowest BCUT2D eigenvalue weighted by molar-refractivity contribution is -0.140. The second-order valence-electron chi connectivity index (χ2n) is 6.11. The van der Waals surface area contributed by atoms with Gasteiger partial charge < -0.3 is 14.2 Å². The highest BCUT2D eigenvalue weighted by Gasteiger charge is 2.54. The third kappa shape index (κ3) is 2.37. The summed E-state index contributed by atoms with van der Waals surface area (Å²) < 4.78 is 15.6. The minimum absolute atomic E-state index is 0.0398. The zero-order valence-corrected chi connectivity index (χ0v) is 12.8. The zero-order chi connectivity index (χ0) is 16.1. The maximum atomic E-state index is 12.7. The Hall–Kier alpha value is -1.95. The molecule has 1 saturated heterocycles. The minimum Gasteiger partial charge on any atom is -0.466 e. The predicted octanol–water partition coefficient (Wildman–Crippen LogP) is 1.24. The van der Waals surface area contributed by atoms with Crippen LogP contribution in [0.4, 0.5) is 0 Å². The number of epoxide rings is 1. The zero-order valence-electron chi connectivity index (χ0n) is 12.8. The number of carbonyl (C=O) groups excluding carboxylic acids is 3. The van der Waals surface area contributed by atoms with Crippen molar-refractivity contribution in [2.75, 3.05) is 7.11 Å². The Morgan fingerprint density at radius 3 is 2.82 bits per heavy atom. The van der Waals surface area contributed by atoms with Crippen molar-refractivity contribution >= 4 is 17.7 Å². The first-order valence-electron chi connectivity index (χ1n) is 7.27. The van der Waals surface area contributed by atoms with E-state index in [1.807, 2.05) is 6.92 Å². The second kappa shape index (κ2) is 5.05. The monoisotopic (exact) mass is 306 g/mol. The van der Waals surface area contributed by atoms with E-state index in [0.29, 0.717) is 18.4 Å². The summed E-state index contributed by atoms with van der Waals surface area (Å²) in [6.07, 6.45) is 2.18. The van der Waals surface area contributed by atoms with E-state index in [-0.39, 0.29) is 29.5 Å². The second-order valence-corrected chi connectivity index (χ2v) is 6.11. The summed E-state index contributed by atoms with van der Waals surface area (Å²) in [7, 11) is 1.25. The van der Waals surface area contributed by atoms with Crippen LogP contribution in [-0.4, -0.2) is 42.6 Å². The van der Waals surface area contributed by atoms with Gasteiger partial charge in [0, 0.05) is 23.1 Å². The van der Waals surface area contributed by atoms with E-state index in [0.717, 1.165) is 0 Å². The molecule has 3 aliphatic rings. The third-order valence-corrected chi connectivity index (χ3v) is 4.55. The van der Waals surface area contributed by atoms with Crippen molar-refractivity contribution in [3.05, 3.63) is 22.8 Å². The third-order valence-electron chi connectivity index (χ3n) is 4.55. The van der Waals surface area contributed by atoms with Gasteiger partial charge >= 0.3 is 11.9 Å². The van der Waals surface area contributed by atoms with Gasteiger partial charge in [-0.2, -0.15) is 0 Å². The number of methoxy groups -OCH3 is 1. The van der Waals surface area contributed by atoms with Crippen LogP contribution in [0.15, 0.2) is 22.8 Å². The van der Waals surface area contributed by atoms with E-state index in [1.165, 1.54) is 14.0 Å². The van der Waals surface area contributed by atoms with E-state index < -0.39 is 23.6 Å². The van der Waals surface area contributed by atoms with Crippen LogP contribution in [0.5, 0.6) is 0 Å². The molecule has 2 bridgehead atoms. The molecule has 0 aromatic heterocycles. The number of ketones is 1. The molecule has 2 heterocycles. The molecule has 0 amide bonds. The van der Waals surface area contributed by atoms with E-state index in [9.17, 15) is 14.4 Å². The molecule has 3 rings (SSSR count). The fourth-order valence-corrected chi connectivity index (χ4v) is 3.16. The fraction of sp³-hybridized carbons (Fsp3) is 0.562. The molecule has 0 N–H and O–H groups in total. The lowest BCUT2D eigenvalue weighted by Gasteiger charge is -2.16. The van der Waals surface area contributed by atoms with Gasteiger partial charge in [0.1, 0.15) is 0 Å². The van der Waals surface area contributed by atoms with Crippen molar-refractivity contribution in [3.63, 3.8) is 0 Å². The first-order valence-corrected chi connectivity index (χ1v) is 7.27. The summed E-state index contributed by atoms with van der Waals surface area (Å²) in [5.41, 5.74) is 0.378. The number of carbonyl (C=O) groups is 3. The van der Waals surface area contributed by atoms with E-state index in [2.05, 4.69) is 0 Å².